The van der Waals surface area contributed by atoms with Crippen LogP contribution in [-0.4, -0.2) is 24.9 Å². The Morgan fingerprint density at radius 1 is 1.41 bits per heavy atom. The molecule has 1 fully saturated rings. The highest BCUT2D eigenvalue weighted by Gasteiger charge is 2.21. The quantitative estimate of drug-likeness (QED) is 0.816. The molecule has 3 N–H and O–H groups in total. The molecular formula is C13H19NO3. The van der Waals surface area contributed by atoms with Crippen LogP contribution in [0.1, 0.15) is 30.9 Å². The Balaban J connectivity index is 2.15. The zero-order valence-corrected chi connectivity index (χ0v) is 10.1. The molecule has 1 aromatic carbocycles. The van der Waals surface area contributed by atoms with Gasteiger partial charge in [-0.2, -0.15) is 0 Å². The van der Waals surface area contributed by atoms with Crippen molar-refractivity contribution in [2.75, 3.05) is 13.7 Å². The Bertz CT molecular complexity index is 377. The van der Waals surface area contributed by atoms with Gasteiger partial charge in [0.05, 0.1) is 25.9 Å². The minimum Gasteiger partial charge on any atom is -0.493 e. The van der Waals surface area contributed by atoms with Crippen LogP contribution in [0.15, 0.2) is 18.2 Å². The predicted octanol–water partition coefficient (Wildman–Crippen LogP) is 1.62. The number of rotatable bonds is 5. The van der Waals surface area contributed by atoms with Crippen LogP contribution in [0.3, 0.4) is 0 Å². The summed E-state index contributed by atoms with van der Waals surface area (Å²) in [6, 6.07) is 5.19. The lowest BCUT2D eigenvalue weighted by Crippen LogP contribution is -2.24. The Hall–Kier alpha value is -1.26. The van der Waals surface area contributed by atoms with E-state index in [4.69, 9.17) is 20.3 Å². The molecule has 0 amide bonds. The monoisotopic (exact) mass is 237 g/mol. The van der Waals surface area contributed by atoms with Gasteiger partial charge in [-0.1, -0.05) is 6.07 Å². The number of hydrogen-bond acceptors (Lipinski definition) is 4. The Kier molecular flexibility index (Phi) is 3.86. The fraction of sp³-hybridized carbons (Fsp3) is 0.538. The molecule has 0 spiro atoms. The lowest BCUT2D eigenvalue weighted by Gasteiger charge is -2.27. The molecule has 1 aliphatic rings. The van der Waals surface area contributed by atoms with Gasteiger partial charge >= 0.3 is 0 Å². The van der Waals surface area contributed by atoms with E-state index in [2.05, 4.69) is 0 Å². The standard InChI is InChI=1S/C13H19NO3/c1-16-13-7-9(11(14)8-15)5-6-12(13)17-10-3-2-4-10/h5-7,10-11,15H,2-4,8,14H2,1H3. The number of benzene rings is 1. The van der Waals surface area contributed by atoms with Crippen molar-refractivity contribution >= 4 is 0 Å². The van der Waals surface area contributed by atoms with E-state index in [-0.39, 0.29) is 12.6 Å². The van der Waals surface area contributed by atoms with Crippen molar-refractivity contribution in [1.29, 1.82) is 0 Å². The topological polar surface area (TPSA) is 64.7 Å². The first kappa shape index (κ1) is 12.2. The Labute approximate surface area is 101 Å². The van der Waals surface area contributed by atoms with E-state index in [0.29, 0.717) is 11.9 Å². The third kappa shape index (κ3) is 2.70. The molecule has 1 atom stereocenters. The van der Waals surface area contributed by atoms with Crippen molar-refractivity contribution in [3.05, 3.63) is 23.8 Å². The molecule has 94 valence electrons. The van der Waals surface area contributed by atoms with Gasteiger partial charge in [0, 0.05) is 0 Å². The highest BCUT2D eigenvalue weighted by Crippen LogP contribution is 2.33. The second-order valence-electron chi connectivity index (χ2n) is 4.37. The van der Waals surface area contributed by atoms with Crippen LogP contribution in [0.5, 0.6) is 11.5 Å². The number of hydrogen-bond donors (Lipinski definition) is 2. The molecule has 0 radical (unpaired) electrons. The zero-order chi connectivity index (χ0) is 12.3. The summed E-state index contributed by atoms with van der Waals surface area (Å²) in [5, 5.41) is 9.02. The van der Waals surface area contributed by atoms with Gasteiger partial charge < -0.3 is 20.3 Å². The summed E-state index contributed by atoms with van der Waals surface area (Å²) in [5.41, 5.74) is 6.61. The van der Waals surface area contributed by atoms with E-state index in [1.54, 1.807) is 7.11 Å². The van der Waals surface area contributed by atoms with Gasteiger partial charge in [0.2, 0.25) is 0 Å². The van der Waals surface area contributed by atoms with E-state index in [1.807, 2.05) is 18.2 Å². The Morgan fingerprint density at radius 2 is 2.18 bits per heavy atom. The van der Waals surface area contributed by atoms with Gasteiger partial charge in [-0.3, -0.25) is 0 Å². The summed E-state index contributed by atoms with van der Waals surface area (Å²) < 4.78 is 11.1. The number of ether oxygens (including phenoxy) is 2. The first-order chi connectivity index (χ1) is 8.24. The highest BCUT2D eigenvalue weighted by molar-refractivity contribution is 5.44. The van der Waals surface area contributed by atoms with Crippen LogP contribution < -0.4 is 15.2 Å². The molecule has 4 heteroatoms. The molecule has 2 rings (SSSR count). The lowest BCUT2D eigenvalue weighted by atomic mass is 9.96. The molecule has 1 aliphatic carbocycles. The van der Waals surface area contributed by atoms with Crippen molar-refractivity contribution in [2.24, 2.45) is 5.73 Å². The summed E-state index contributed by atoms with van der Waals surface area (Å²) in [6.45, 7) is -0.0774. The second kappa shape index (κ2) is 5.38. The van der Waals surface area contributed by atoms with E-state index >= 15 is 0 Å². The number of methoxy groups -OCH3 is 1. The van der Waals surface area contributed by atoms with Gasteiger partial charge in [-0.15, -0.1) is 0 Å². The molecule has 0 saturated heterocycles. The zero-order valence-electron chi connectivity index (χ0n) is 10.1. The lowest BCUT2D eigenvalue weighted by molar-refractivity contribution is 0.116. The number of aliphatic hydroxyl groups is 1. The second-order valence-corrected chi connectivity index (χ2v) is 4.37. The summed E-state index contributed by atoms with van der Waals surface area (Å²) in [7, 11) is 1.61. The van der Waals surface area contributed by atoms with Gasteiger partial charge in [0.15, 0.2) is 11.5 Å². The largest absolute Gasteiger partial charge is 0.493 e. The summed E-state index contributed by atoms with van der Waals surface area (Å²) >= 11 is 0. The predicted molar refractivity (Wildman–Crippen MR) is 65.3 cm³/mol. The van der Waals surface area contributed by atoms with Crippen molar-refractivity contribution in [2.45, 2.75) is 31.4 Å². The molecule has 17 heavy (non-hydrogen) atoms. The molecule has 0 heterocycles. The van der Waals surface area contributed by atoms with Gasteiger partial charge in [0.25, 0.3) is 0 Å². The van der Waals surface area contributed by atoms with Crippen LogP contribution in [0.4, 0.5) is 0 Å². The summed E-state index contributed by atoms with van der Waals surface area (Å²) in [6.07, 6.45) is 3.78. The SMILES string of the molecule is COc1cc(C(N)CO)ccc1OC1CCC1. The molecule has 1 unspecified atom stereocenters. The summed E-state index contributed by atoms with van der Waals surface area (Å²) in [4.78, 5) is 0. The van der Waals surface area contributed by atoms with Crippen molar-refractivity contribution in [3.63, 3.8) is 0 Å². The minimum absolute atomic E-state index is 0.0774. The molecular weight excluding hydrogens is 218 g/mol. The van der Waals surface area contributed by atoms with Crippen LogP contribution in [-0.2, 0) is 0 Å². The molecule has 4 nitrogen and oxygen atoms in total. The maximum absolute atomic E-state index is 9.02. The first-order valence-corrected chi connectivity index (χ1v) is 5.95. The first-order valence-electron chi connectivity index (χ1n) is 5.95. The fourth-order valence-corrected chi connectivity index (χ4v) is 1.79. The third-order valence-electron chi connectivity index (χ3n) is 3.16. The van der Waals surface area contributed by atoms with Crippen LogP contribution >= 0.6 is 0 Å². The number of aliphatic hydroxyl groups excluding tert-OH is 1. The maximum atomic E-state index is 9.02. The Morgan fingerprint density at radius 3 is 2.71 bits per heavy atom. The van der Waals surface area contributed by atoms with Crippen molar-refractivity contribution < 1.29 is 14.6 Å². The van der Waals surface area contributed by atoms with Crippen molar-refractivity contribution in [1.82, 2.24) is 0 Å². The molecule has 0 bridgehead atoms. The van der Waals surface area contributed by atoms with Crippen LogP contribution in [0, 0.1) is 0 Å². The molecule has 0 aliphatic heterocycles. The molecule has 1 aromatic rings. The van der Waals surface area contributed by atoms with Gasteiger partial charge in [0.1, 0.15) is 0 Å². The maximum Gasteiger partial charge on any atom is 0.161 e. The van der Waals surface area contributed by atoms with Crippen molar-refractivity contribution in [3.8, 4) is 11.5 Å². The smallest absolute Gasteiger partial charge is 0.161 e. The van der Waals surface area contributed by atoms with Crippen LogP contribution in [0.25, 0.3) is 0 Å². The van der Waals surface area contributed by atoms with Crippen LogP contribution in [0.2, 0.25) is 0 Å². The molecule has 0 aromatic heterocycles. The fourth-order valence-electron chi connectivity index (χ4n) is 1.79. The average Bonchev–Trinajstić information content (AvgIpc) is 2.32. The minimum atomic E-state index is -0.373. The third-order valence-corrected chi connectivity index (χ3v) is 3.16. The van der Waals surface area contributed by atoms with E-state index in [9.17, 15) is 0 Å². The highest BCUT2D eigenvalue weighted by atomic mass is 16.5. The normalized spacial score (nSPS) is 17.4. The summed E-state index contributed by atoms with van der Waals surface area (Å²) in [5.74, 6) is 1.43. The van der Waals surface area contributed by atoms with E-state index in [1.165, 1.54) is 6.42 Å². The van der Waals surface area contributed by atoms with Gasteiger partial charge in [-0.05, 0) is 37.0 Å². The molecule has 1 saturated carbocycles. The number of nitrogens with two attached hydrogens (primary N) is 1. The van der Waals surface area contributed by atoms with E-state index in [0.717, 1.165) is 24.2 Å². The van der Waals surface area contributed by atoms with E-state index < -0.39 is 0 Å². The average molecular weight is 237 g/mol. The van der Waals surface area contributed by atoms with Gasteiger partial charge in [-0.25, -0.2) is 0 Å².